The molecule has 3 aromatic carbocycles. The number of amides is 1. The zero-order valence-electron chi connectivity index (χ0n) is 17.9. The predicted octanol–water partition coefficient (Wildman–Crippen LogP) is 6.80. The summed E-state index contributed by atoms with van der Waals surface area (Å²) in [6, 6.07) is 14.1. The summed E-state index contributed by atoms with van der Waals surface area (Å²) in [7, 11) is 0. The molecule has 166 valence electrons. The SMILES string of the molecule is Cc1ccc(C(=O)NCC(C)C)cc1C(=O)c1ccc(Nc2ccc(Cl)cc2F)cc1Cl. The van der Waals surface area contributed by atoms with E-state index in [-0.39, 0.29) is 28.0 Å². The summed E-state index contributed by atoms with van der Waals surface area (Å²) in [5.41, 5.74) is 2.58. The lowest BCUT2D eigenvalue weighted by molar-refractivity contribution is 0.0949. The second-order valence-corrected chi connectivity index (χ2v) is 8.75. The molecule has 0 bridgehead atoms. The molecule has 0 atom stereocenters. The van der Waals surface area contributed by atoms with Crippen LogP contribution in [0.3, 0.4) is 0 Å². The third-order valence-corrected chi connectivity index (χ3v) is 5.39. The van der Waals surface area contributed by atoms with Crippen LogP contribution in [-0.4, -0.2) is 18.2 Å². The number of nitrogens with one attached hydrogen (secondary N) is 2. The Morgan fingerprint density at radius 3 is 2.38 bits per heavy atom. The molecule has 0 spiro atoms. The fourth-order valence-corrected chi connectivity index (χ4v) is 3.50. The van der Waals surface area contributed by atoms with Crippen molar-refractivity contribution in [3.63, 3.8) is 0 Å². The smallest absolute Gasteiger partial charge is 0.251 e. The van der Waals surface area contributed by atoms with Gasteiger partial charge in [-0.3, -0.25) is 9.59 Å². The topological polar surface area (TPSA) is 58.2 Å². The Hall–Kier alpha value is -2.89. The molecule has 0 aromatic heterocycles. The number of aryl methyl sites for hydroxylation is 1. The molecular formula is C25H23Cl2FN2O2. The van der Waals surface area contributed by atoms with Gasteiger partial charge in [-0.25, -0.2) is 4.39 Å². The van der Waals surface area contributed by atoms with E-state index in [0.717, 1.165) is 5.56 Å². The van der Waals surface area contributed by atoms with Gasteiger partial charge in [0.25, 0.3) is 5.91 Å². The molecule has 3 rings (SSSR count). The zero-order chi connectivity index (χ0) is 23.4. The molecule has 0 radical (unpaired) electrons. The van der Waals surface area contributed by atoms with Crippen LogP contribution in [0.4, 0.5) is 15.8 Å². The lowest BCUT2D eigenvalue weighted by atomic mass is 9.96. The first-order valence-electron chi connectivity index (χ1n) is 10.1. The van der Waals surface area contributed by atoms with Crippen molar-refractivity contribution in [1.82, 2.24) is 5.32 Å². The molecule has 0 aliphatic heterocycles. The number of rotatable bonds is 7. The van der Waals surface area contributed by atoms with Crippen LogP contribution in [0.25, 0.3) is 0 Å². The van der Waals surface area contributed by atoms with E-state index in [2.05, 4.69) is 10.6 Å². The first-order valence-corrected chi connectivity index (χ1v) is 10.9. The first kappa shape index (κ1) is 23.8. The standard InChI is InChI=1S/C25H23Cl2FN2O2/c1-14(2)13-29-25(32)16-5-4-15(3)20(10-16)24(31)19-8-7-18(12-21(19)27)30-23-9-6-17(26)11-22(23)28/h4-12,14,30H,13H2,1-3H3,(H,29,32). The molecule has 0 unspecified atom stereocenters. The zero-order valence-corrected chi connectivity index (χ0v) is 19.4. The van der Waals surface area contributed by atoms with E-state index in [9.17, 15) is 14.0 Å². The summed E-state index contributed by atoms with van der Waals surface area (Å²) < 4.78 is 14.0. The third kappa shape index (κ3) is 5.67. The van der Waals surface area contributed by atoms with Crippen LogP contribution >= 0.6 is 23.2 Å². The van der Waals surface area contributed by atoms with Gasteiger partial charge in [0.2, 0.25) is 0 Å². The Bertz CT molecular complexity index is 1180. The van der Waals surface area contributed by atoms with Gasteiger partial charge in [-0.05, 0) is 66.9 Å². The average molecular weight is 473 g/mol. The van der Waals surface area contributed by atoms with E-state index in [4.69, 9.17) is 23.2 Å². The van der Waals surface area contributed by atoms with E-state index < -0.39 is 5.82 Å². The molecule has 0 saturated heterocycles. The van der Waals surface area contributed by atoms with Crippen molar-refractivity contribution >= 4 is 46.3 Å². The maximum atomic E-state index is 14.0. The summed E-state index contributed by atoms with van der Waals surface area (Å²) >= 11 is 12.2. The lowest BCUT2D eigenvalue weighted by Crippen LogP contribution is -2.27. The molecule has 7 heteroatoms. The van der Waals surface area contributed by atoms with Crippen molar-refractivity contribution in [3.8, 4) is 0 Å². The van der Waals surface area contributed by atoms with Gasteiger partial charge >= 0.3 is 0 Å². The van der Waals surface area contributed by atoms with Crippen LogP contribution in [0.5, 0.6) is 0 Å². The Labute approximate surface area is 196 Å². The second-order valence-electron chi connectivity index (χ2n) is 7.91. The number of carbonyl (C=O) groups excluding carboxylic acids is 2. The summed E-state index contributed by atoms with van der Waals surface area (Å²) in [5.74, 6) is -0.714. The summed E-state index contributed by atoms with van der Waals surface area (Å²) in [6.45, 7) is 6.36. The highest BCUT2D eigenvalue weighted by Gasteiger charge is 2.18. The minimum atomic E-state index is -0.503. The highest BCUT2D eigenvalue weighted by Crippen LogP contribution is 2.28. The molecule has 0 fully saturated rings. The van der Waals surface area contributed by atoms with E-state index in [1.807, 2.05) is 13.8 Å². The molecule has 0 heterocycles. The number of hydrogen-bond acceptors (Lipinski definition) is 3. The summed E-state index contributed by atoms with van der Waals surface area (Å²) in [5, 5.41) is 6.28. The van der Waals surface area contributed by atoms with Crippen LogP contribution in [0.2, 0.25) is 10.0 Å². The van der Waals surface area contributed by atoms with Gasteiger partial charge in [0.1, 0.15) is 5.82 Å². The predicted molar refractivity (Wildman–Crippen MR) is 128 cm³/mol. The normalized spacial score (nSPS) is 10.8. The molecule has 32 heavy (non-hydrogen) atoms. The largest absolute Gasteiger partial charge is 0.353 e. The van der Waals surface area contributed by atoms with E-state index in [1.54, 1.807) is 49.4 Å². The Morgan fingerprint density at radius 2 is 1.72 bits per heavy atom. The second kappa shape index (κ2) is 10.2. The van der Waals surface area contributed by atoms with Crippen LogP contribution < -0.4 is 10.6 Å². The van der Waals surface area contributed by atoms with Gasteiger partial charge in [-0.1, -0.05) is 43.1 Å². The van der Waals surface area contributed by atoms with Crippen molar-refractivity contribution in [2.75, 3.05) is 11.9 Å². The van der Waals surface area contributed by atoms with Crippen molar-refractivity contribution in [1.29, 1.82) is 0 Å². The number of anilines is 2. The monoisotopic (exact) mass is 472 g/mol. The Morgan fingerprint density at radius 1 is 0.969 bits per heavy atom. The lowest BCUT2D eigenvalue weighted by Gasteiger charge is -2.12. The molecular weight excluding hydrogens is 450 g/mol. The maximum Gasteiger partial charge on any atom is 0.251 e. The van der Waals surface area contributed by atoms with E-state index >= 15 is 0 Å². The van der Waals surface area contributed by atoms with Gasteiger partial charge in [0.15, 0.2) is 5.78 Å². The summed E-state index contributed by atoms with van der Waals surface area (Å²) in [6.07, 6.45) is 0. The number of ketones is 1. The molecule has 0 saturated carbocycles. The molecule has 4 nitrogen and oxygen atoms in total. The fraction of sp³-hybridized carbons (Fsp3) is 0.200. The molecule has 3 aromatic rings. The maximum absolute atomic E-state index is 14.0. The Kier molecular flexibility index (Phi) is 7.54. The van der Waals surface area contributed by atoms with Crippen LogP contribution in [0.1, 0.15) is 45.7 Å². The van der Waals surface area contributed by atoms with Crippen molar-refractivity contribution in [2.45, 2.75) is 20.8 Å². The highest BCUT2D eigenvalue weighted by molar-refractivity contribution is 6.35. The van der Waals surface area contributed by atoms with Crippen LogP contribution in [-0.2, 0) is 0 Å². The van der Waals surface area contributed by atoms with E-state index in [0.29, 0.717) is 34.3 Å². The average Bonchev–Trinajstić information content (AvgIpc) is 2.74. The number of halogens is 3. The fourth-order valence-electron chi connectivity index (χ4n) is 3.08. The minimum Gasteiger partial charge on any atom is -0.353 e. The van der Waals surface area contributed by atoms with E-state index in [1.165, 1.54) is 12.1 Å². The summed E-state index contributed by atoms with van der Waals surface area (Å²) in [4.78, 5) is 25.6. The van der Waals surface area contributed by atoms with Crippen LogP contribution in [0.15, 0.2) is 54.6 Å². The van der Waals surface area contributed by atoms with Crippen molar-refractivity contribution in [3.05, 3.63) is 92.7 Å². The first-order chi connectivity index (χ1) is 15.2. The van der Waals surface area contributed by atoms with Crippen molar-refractivity contribution < 1.29 is 14.0 Å². The van der Waals surface area contributed by atoms with Gasteiger partial charge in [0, 0.05) is 33.9 Å². The quantitative estimate of drug-likeness (QED) is 0.371. The molecule has 1 amide bonds. The minimum absolute atomic E-state index is 0.212. The molecule has 0 aliphatic rings. The third-order valence-electron chi connectivity index (χ3n) is 4.84. The van der Waals surface area contributed by atoms with Crippen LogP contribution in [0, 0.1) is 18.7 Å². The van der Waals surface area contributed by atoms with Crippen molar-refractivity contribution in [2.24, 2.45) is 5.92 Å². The number of hydrogen-bond donors (Lipinski definition) is 2. The Balaban J connectivity index is 1.84. The molecule has 0 aliphatic carbocycles. The van der Waals surface area contributed by atoms with Gasteiger partial charge in [0.05, 0.1) is 10.7 Å². The van der Waals surface area contributed by atoms with Gasteiger partial charge in [-0.2, -0.15) is 0 Å². The van der Waals surface area contributed by atoms with Gasteiger partial charge in [-0.15, -0.1) is 0 Å². The highest BCUT2D eigenvalue weighted by atomic mass is 35.5. The van der Waals surface area contributed by atoms with Gasteiger partial charge < -0.3 is 10.6 Å². The molecule has 2 N–H and O–H groups in total. The number of benzene rings is 3. The number of carbonyl (C=O) groups is 2.